The predicted molar refractivity (Wildman–Crippen MR) is 68.3 cm³/mol. The molecule has 0 rings (SSSR count). The smallest absolute Gasteiger partial charge is 0.242 e. The fraction of sp³-hybridized carbons (Fsp3) is 0.833. The molecule has 0 heterocycles. The van der Waals surface area contributed by atoms with E-state index >= 15 is 0 Å². The van der Waals surface area contributed by atoms with Crippen LogP contribution in [0.4, 0.5) is 0 Å². The van der Waals surface area contributed by atoms with Crippen molar-refractivity contribution in [2.24, 2.45) is 11.7 Å². The highest BCUT2D eigenvalue weighted by Gasteiger charge is 2.24. The van der Waals surface area contributed by atoms with Gasteiger partial charge in [0.05, 0.1) is 6.04 Å². The third-order valence-corrected chi connectivity index (χ3v) is 2.27. The number of carbonyl (C=O) groups excluding carboxylic acids is 2. The van der Waals surface area contributed by atoms with Crippen molar-refractivity contribution in [3.63, 3.8) is 0 Å². The predicted octanol–water partition coefficient (Wildman–Crippen LogP) is 0.389. The van der Waals surface area contributed by atoms with E-state index in [1.54, 1.807) is 6.92 Å². The molecule has 0 spiro atoms. The zero-order valence-corrected chi connectivity index (χ0v) is 11.6. The van der Waals surface area contributed by atoms with Crippen LogP contribution in [-0.4, -0.2) is 29.4 Å². The molecule has 0 aliphatic heterocycles. The molecule has 2 amide bonds. The van der Waals surface area contributed by atoms with E-state index in [1.165, 1.54) is 0 Å². The van der Waals surface area contributed by atoms with E-state index in [4.69, 9.17) is 5.73 Å². The molecule has 0 saturated heterocycles. The maximum atomic E-state index is 11.7. The van der Waals surface area contributed by atoms with Crippen LogP contribution in [0.15, 0.2) is 0 Å². The Morgan fingerprint density at radius 3 is 1.88 bits per heavy atom. The maximum Gasteiger partial charge on any atom is 0.242 e. The average molecular weight is 243 g/mol. The number of nitrogens with two attached hydrogens (primary N) is 1. The van der Waals surface area contributed by atoms with Crippen LogP contribution in [0.25, 0.3) is 0 Å². The van der Waals surface area contributed by atoms with Crippen molar-refractivity contribution < 1.29 is 9.59 Å². The molecule has 0 aliphatic rings. The van der Waals surface area contributed by atoms with Gasteiger partial charge in [0, 0.05) is 5.54 Å². The third kappa shape index (κ3) is 6.26. The molecule has 17 heavy (non-hydrogen) atoms. The van der Waals surface area contributed by atoms with Crippen molar-refractivity contribution >= 4 is 11.8 Å². The number of rotatable bonds is 4. The maximum absolute atomic E-state index is 11.7. The molecule has 0 aliphatic carbocycles. The molecule has 100 valence electrons. The highest BCUT2D eigenvalue weighted by molar-refractivity contribution is 5.89. The molecule has 2 atom stereocenters. The summed E-state index contributed by atoms with van der Waals surface area (Å²) in [5.74, 6) is -0.453. The number of hydrogen-bond acceptors (Lipinski definition) is 3. The van der Waals surface area contributed by atoms with E-state index in [-0.39, 0.29) is 23.3 Å². The lowest BCUT2D eigenvalue weighted by Gasteiger charge is -2.24. The lowest BCUT2D eigenvalue weighted by atomic mass is 10.0. The lowest BCUT2D eigenvalue weighted by Crippen LogP contribution is -2.54. The minimum atomic E-state index is -0.583. The first kappa shape index (κ1) is 15.9. The van der Waals surface area contributed by atoms with E-state index in [1.807, 2.05) is 34.6 Å². The minimum Gasteiger partial charge on any atom is -0.350 e. The Kier molecular flexibility index (Phi) is 5.61. The Bertz CT molecular complexity index is 282. The first-order valence-electron chi connectivity index (χ1n) is 5.92. The second-order valence-corrected chi connectivity index (χ2v) is 5.74. The van der Waals surface area contributed by atoms with E-state index in [0.29, 0.717) is 0 Å². The van der Waals surface area contributed by atoms with E-state index < -0.39 is 12.1 Å². The summed E-state index contributed by atoms with van der Waals surface area (Å²) in [5, 5.41) is 5.41. The summed E-state index contributed by atoms with van der Waals surface area (Å²) in [7, 11) is 0. The Balaban J connectivity index is 4.31. The fourth-order valence-electron chi connectivity index (χ4n) is 1.16. The van der Waals surface area contributed by atoms with Gasteiger partial charge >= 0.3 is 0 Å². The summed E-state index contributed by atoms with van der Waals surface area (Å²) in [5.41, 5.74) is 5.38. The first-order valence-corrected chi connectivity index (χ1v) is 5.92. The summed E-state index contributed by atoms with van der Waals surface area (Å²) in [6.07, 6.45) is 0. The van der Waals surface area contributed by atoms with Crippen LogP contribution in [0.2, 0.25) is 0 Å². The minimum absolute atomic E-state index is 0.0490. The van der Waals surface area contributed by atoms with E-state index in [0.717, 1.165) is 0 Å². The molecule has 0 saturated carbocycles. The van der Waals surface area contributed by atoms with Crippen LogP contribution < -0.4 is 16.4 Å². The van der Waals surface area contributed by atoms with Crippen molar-refractivity contribution in [3.05, 3.63) is 0 Å². The van der Waals surface area contributed by atoms with Gasteiger partial charge in [-0.25, -0.2) is 0 Å². The van der Waals surface area contributed by atoms with Gasteiger partial charge in [0.25, 0.3) is 0 Å². The topological polar surface area (TPSA) is 84.2 Å². The van der Waals surface area contributed by atoms with Crippen LogP contribution >= 0.6 is 0 Å². The molecule has 0 aromatic carbocycles. The summed E-state index contributed by atoms with van der Waals surface area (Å²) >= 11 is 0. The van der Waals surface area contributed by atoms with Crippen molar-refractivity contribution in [2.45, 2.75) is 59.2 Å². The van der Waals surface area contributed by atoms with Crippen LogP contribution in [0, 0.1) is 5.92 Å². The highest BCUT2D eigenvalue weighted by atomic mass is 16.2. The summed E-state index contributed by atoms with van der Waals surface area (Å²) in [6.45, 7) is 11.0. The second kappa shape index (κ2) is 6.00. The largest absolute Gasteiger partial charge is 0.350 e. The van der Waals surface area contributed by atoms with Gasteiger partial charge in [0.15, 0.2) is 0 Å². The molecule has 0 fully saturated rings. The summed E-state index contributed by atoms with van der Waals surface area (Å²) in [4.78, 5) is 23.4. The zero-order chi connectivity index (χ0) is 13.8. The third-order valence-electron chi connectivity index (χ3n) is 2.27. The second-order valence-electron chi connectivity index (χ2n) is 5.74. The molecule has 5 nitrogen and oxygen atoms in total. The number of hydrogen-bond donors (Lipinski definition) is 3. The fourth-order valence-corrected chi connectivity index (χ4v) is 1.16. The Morgan fingerprint density at radius 2 is 1.53 bits per heavy atom. The summed E-state index contributed by atoms with van der Waals surface area (Å²) < 4.78 is 0. The van der Waals surface area contributed by atoms with Gasteiger partial charge in [0.1, 0.15) is 6.04 Å². The lowest BCUT2D eigenvalue weighted by molar-refractivity contribution is -0.130. The quantitative estimate of drug-likeness (QED) is 0.668. The Labute approximate surface area is 104 Å². The molecular formula is C12H25N3O2. The van der Waals surface area contributed by atoms with E-state index in [2.05, 4.69) is 10.6 Å². The molecule has 0 aromatic heterocycles. The van der Waals surface area contributed by atoms with Crippen LogP contribution in [-0.2, 0) is 9.59 Å². The van der Waals surface area contributed by atoms with Gasteiger partial charge < -0.3 is 16.4 Å². The van der Waals surface area contributed by atoms with E-state index in [9.17, 15) is 9.59 Å². The molecule has 4 N–H and O–H groups in total. The highest BCUT2D eigenvalue weighted by Crippen LogP contribution is 2.01. The molecule has 0 aromatic rings. The Morgan fingerprint density at radius 1 is 1.06 bits per heavy atom. The average Bonchev–Trinajstić information content (AvgIpc) is 2.13. The molecule has 0 bridgehead atoms. The first-order chi connectivity index (χ1) is 7.54. The SMILES string of the molecule is CC(NC(=O)[C@@H](N)C(C)C)C(=O)NC(C)(C)C. The van der Waals surface area contributed by atoms with Gasteiger partial charge in [-0.15, -0.1) is 0 Å². The standard InChI is InChI=1S/C12H25N3O2/c1-7(2)9(13)11(17)14-8(3)10(16)15-12(4,5)6/h7-9H,13H2,1-6H3,(H,14,17)(H,15,16)/t8?,9-/m0/s1. The molecular weight excluding hydrogens is 218 g/mol. The van der Waals surface area contributed by atoms with Crippen LogP contribution in [0.5, 0.6) is 0 Å². The van der Waals surface area contributed by atoms with Crippen molar-refractivity contribution in [2.75, 3.05) is 0 Å². The van der Waals surface area contributed by atoms with Gasteiger partial charge in [-0.1, -0.05) is 13.8 Å². The molecule has 1 unspecified atom stereocenters. The van der Waals surface area contributed by atoms with Gasteiger partial charge in [-0.3, -0.25) is 9.59 Å². The van der Waals surface area contributed by atoms with Gasteiger partial charge in [-0.2, -0.15) is 0 Å². The van der Waals surface area contributed by atoms with Crippen molar-refractivity contribution in [3.8, 4) is 0 Å². The van der Waals surface area contributed by atoms with Gasteiger partial charge in [0.2, 0.25) is 11.8 Å². The normalized spacial score (nSPS) is 15.3. The summed E-state index contributed by atoms with van der Waals surface area (Å²) in [6, 6.07) is -1.16. The van der Waals surface area contributed by atoms with Gasteiger partial charge in [-0.05, 0) is 33.6 Å². The number of nitrogens with one attached hydrogen (secondary N) is 2. The monoisotopic (exact) mass is 243 g/mol. The van der Waals surface area contributed by atoms with Crippen molar-refractivity contribution in [1.29, 1.82) is 0 Å². The van der Waals surface area contributed by atoms with Crippen LogP contribution in [0.3, 0.4) is 0 Å². The molecule has 5 heteroatoms. The Hall–Kier alpha value is -1.10. The zero-order valence-electron chi connectivity index (χ0n) is 11.6. The van der Waals surface area contributed by atoms with Crippen molar-refractivity contribution in [1.82, 2.24) is 10.6 Å². The molecule has 0 radical (unpaired) electrons. The van der Waals surface area contributed by atoms with Crippen LogP contribution in [0.1, 0.15) is 41.5 Å². The number of carbonyl (C=O) groups is 2. The number of amides is 2.